The highest BCUT2D eigenvalue weighted by Crippen LogP contribution is 2.39. The van der Waals surface area contributed by atoms with Crippen molar-refractivity contribution in [3.63, 3.8) is 0 Å². The van der Waals surface area contributed by atoms with Gasteiger partial charge in [0.2, 0.25) is 0 Å². The van der Waals surface area contributed by atoms with Gasteiger partial charge in [0.05, 0.1) is 23.9 Å². The third kappa shape index (κ3) is 2.59. The van der Waals surface area contributed by atoms with E-state index in [9.17, 15) is 13.2 Å². The number of aromatic nitrogens is 1. The first kappa shape index (κ1) is 13.5. The second kappa shape index (κ2) is 4.99. The van der Waals surface area contributed by atoms with Crippen LogP contribution in [-0.2, 0) is 12.8 Å². The van der Waals surface area contributed by atoms with Crippen LogP contribution in [0.25, 0.3) is 11.3 Å². The van der Waals surface area contributed by atoms with Gasteiger partial charge in [-0.2, -0.15) is 22.8 Å². The van der Waals surface area contributed by atoms with Crippen LogP contribution in [0.1, 0.15) is 16.0 Å². The number of alkyl halides is 3. The van der Waals surface area contributed by atoms with E-state index in [0.29, 0.717) is 22.7 Å². The van der Waals surface area contributed by atoms with Gasteiger partial charge in [0.25, 0.3) is 0 Å². The number of hydrogen-bond acceptors (Lipinski definition) is 4. The lowest BCUT2D eigenvalue weighted by atomic mass is 10.1. The van der Waals surface area contributed by atoms with E-state index >= 15 is 0 Å². The summed E-state index contributed by atoms with van der Waals surface area (Å²) in [7, 11) is 0. The molecule has 1 heterocycles. The van der Waals surface area contributed by atoms with Crippen molar-refractivity contribution < 1.29 is 18.3 Å². The van der Waals surface area contributed by atoms with E-state index in [0.717, 1.165) is 0 Å². The molecule has 2 rings (SSSR count). The first-order valence-corrected chi connectivity index (χ1v) is 5.92. The average Bonchev–Trinajstić information content (AvgIpc) is 2.82. The van der Waals surface area contributed by atoms with E-state index in [-0.39, 0.29) is 11.3 Å². The molecule has 0 saturated heterocycles. The van der Waals surface area contributed by atoms with Crippen LogP contribution in [0.2, 0.25) is 0 Å². The van der Waals surface area contributed by atoms with Crippen molar-refractivity contribution in [2.45, 2.75) is 12.8 Å². The van der Waals surface area contributed by atoms with Gasteiger partial charge in [-0.05, 0) is 23.7 Å². The molecule has 1 aromatic heterocycles. The van der Waals surface area contributed by atoms with E-state index in [2.05, 4.69) is 4.37 Å². The summed E-state index contributed by atoms with van der Waals surface area (Å²) in [6.45, 7) is -0.735. The van der Waals surface area contributed by atoms with Gasteiger partial charge in [-0.1, -0.05) is 12.1 Å². The number of nitrogens with zero attached hydrogens (tertiary/aromatic N) is 2. The summed E-state index contributed by atoms with van der Waals surface area (Å²) >= 11 is 0.312. The van der Waals surface area contributed by atoms with E-state index in [1.165, 1.54) is 24.3 Å². The molecule has 0 spiro atoms. The van der Waals surface area contributed by atoms with E-state index in [4.69, 9.17) is 10.4 Å². The number of aliphatic hydroxyl groups excluding tert-OH is 1. The Kier molecular flexibility index (Phi) is 3.55. The molecule has 0 aliphatic heterocycles. The minimum atomic E-state index is -4.53. The van der Waals surface area contributed by atoms with Gasteiger partial charge in [0.1, 0.15) is 4.88 Å². The van der Waals surface area contributed by atoms with Gasteiger partial charge >= 0.3 is 6.18 Å². The van der Waals surface area contributed by atoms with Crippen LogP contribution in [0, 0.1) is 11.3 Å². The first-order chi connectivity index (χ1) is 8.97. The highest BCUT2D eigenvalue weighted by molar-refractivity contribution is 7.06. The Morgan fingerprint density at radius 1 is 1.26 bits per heavy atom. The second-order valence-electron chi connectivity index (χ2n) is 3.68. The third-order valence-electron chi connectivity index (χ3n) is 2.49. The normalized spacial score (nSPS) is 11.3. The number of aliphatic hydroxyl groups is 1. The monoisotopic (exact) mass is 284 g/mol. The largest absolute Gasteiger partial charge is 0.427 e. The Bertz CT molecular complexity index is 626. The van der Waals surface area contributed by atoms with Crippen molar-refractivity contribution in [3.8, 4) is 17.3 Å². The summed E-state index contributed by atoms with van der Waals surface area (Å²) in [4.78, 5) is -0.894. The van der Waals surface area contributed by atoms with Crippen LogP contribution in [-0.4, -0.2) is 9.48 Å². The number of halogens is 3. The molecule has 1 N–H and O–H groups in total. The lowest BCUT2D eigenvalue weighted by molar-refractivity contribution is -0.135. The minimum Gasteiger partial charge on any atom is -0.392 e. The van der Waals surface area contributed by atoms with E-state index in [1.54, 1.807) is 0 Å². The van der Waals surface area contributed by atoms with Crippen LogP contribution < -0.4 is 0 Å². The molecule has 2 aromatic rings. The Balaban J connectivity index is 2.51. The zero-order chi connectivity index (χ0) is 14.0. The molecule has 98 valence electrons. The molecule has 0 saturated carbocycles. The fourth-order valence-electron chi connectivity index (χ4n) is 1.61. The maximum atomic E-state index is 12.7. The molecule has 19 heavy (non-hydrogen) atoms. The molecule has 0 fully saturated rings. The number of hydrogen-bond donors (Lipinski definition) is 1. The average molecular weight is 284 g/mol. The fourth-order valence-corrected chi connectivity index (χ4v) is 2.38. The Hall–Kier alpha value is -1.91. The molecule has 0 amide bonds. The quantitative estimate of drug-likeness (QED) is 0.921. The number of benzene rings is 1. The van der Waals surface area contributed by atoms with Crippen LogP contribution in [0.15, 0.2) is 24.3 Å². The molecule has 0 bridgehead atoms. The van der Waals surface area contributed by atoms with Gasteiger partial charge in [0.15, 0.2) is 0 Å². The van der Waals surface area contributed by atoms with Crippen LogP contribution in [0.4, 0.5) is 13.2 Å². The number of nitriles is 1. The van der Waals surface area contributed by atoms with Crippen molar-refractivity contribution >= 4 is 11.5 Å². The highest BCUT2D eigenvalue weighted by atomic mass is 32.1. The second-order valence-corrected chi connectivity index (χ2v) is 4.46. The summed E-state index contributed by atoms with van der Waals surface area (Å²) in [5, 5.41) is 17.8. The third-order valence-corrected chi connectivity index (χ3v) is 3.43. The maximum absolute atomic E-state index is 12.7. The predicted octanol–water partition coefficient (Wildman–Crippen LogP) is 3.19. The van der Waals surface area contributed by atoms with Gasteiger partial charge in [-0.3, -0.25) is 0 Å². The van der Waals surface area contributed by atoms with Crippen LogP contribution in [0.5, 0.6) is 0 Å². The smallest absolute Gasteiger partial charge is 0.392 e. The zero-order valence-electron chi connectivity index (χ0n) is 9.40. The molecule has 0 aliphatic rings. The lowest BCUT2D eigenvalue weighted by Crippen LogP contribution is -2.05. The summed E-state index contributed by atoms with van der Waals surface area (Å²) < 4.78 is 41.9. The summed E-state index contributed by atoms with van der Waals surface area (Å²) in [6.07, 6.45) is -4.53. The molecule has 7 heteroatoms. The summed E-state index contributed by atoms with van der Waals surface area (Å²) in [5.74, 6) is 0. The molecular weight excluding hydrogens is 277 g/mol. The fraction of sp³-hybridized carbons (Fsp3) is 0.167. The van der Waals surface area contributed by atoms with Crippen molar-refractivity contribution in [1.82, 2.24) is 4.37 Å². The minimum absolute atomic E-state index is 0.101. The molecular formula is C12H7F3N2OS. The molecule has 0 unspecified atom stereocenters. The molecule has 0 atom stereocenters. The first-order valence-electron chi connectivity index (χ1n) is 5.14. The standard InChI is InChI=1S/C12H7F3N2OS/c13-12(14,15)11-9(6-18)10(17-19-11)8-3-1-7(5-16)2-4-8/h1-4,18H,6H2. The van der Waals surface area contributed by atoms with Crippen molar-refractivity contribution in [3.05, 3.63) is 40.3 Å². The Labute approximate surface area is 110 Å². The Morgan fingerprint density at radius 3 is 2.37 bits per heavy atom. The molecule has 3 nitrogen and oxygen atoms in total. The SMILES string of the molecule is N#Cc1ccc(-c2nsc(C(F)(F)F)c2CO)cc1. The molecule has 1 aromatic carbocycles. The Morgan fingerprint density at radius 2 is 1.89 bits per heavy atom. The molecule has 0 aliphatic carbocycles. The summed E-state index contributed by atoms with van der Waals surface area (Å²) in [5.41, 5.74) is 0.710. The maximum Gasteiger partial charge on any atom is 0.427 e. The predicted molar refractivity (Wildman–Crippen MR) is 63.2 cm³/mol. The van der Waals surface area contributed by atoms with E-state index in [1.807, 2.05) is 6.07 Å². The van der Waals surface area contributed by atoms with Crippen LogP contribution >= 0.6 is 11.5 Å². The van der Waals surface area contributed by atoms with Crippen molar-refractivity contribution in [1.29, 1.82) is 5.26 Å². The van der Waals surface area contributed by atoms with Crippen molar-refractivity contribution in [2.75, 3.05) is 0 Å². The van der Waals surface area contributed by atoms with Gasteiger partial charge in [0, 0.05) is 11.1 Å². The summed E-state index contributed by atoms with van der Waals surface area (Å²) in [6, 6.07) is 7.91. The van der Waals surface area contributed by atoms with Gasteiger partial charge in [-0.15, -0.1) is 0 Å². The van der Waals surface area contributed by atoms with E-state index < -0.39 is 17.7 Å². The van der Waals surface area contributed by atoms with Gasteiger partial charge in [-0.25, -0.2) is 0 Å². The number of rotatable bonds is 2. The zero-order valence-corrected chi connectivity index (χ0v) is 10.2. The molecule has 0 radical (unpaired) electrons. The van der Waals surface area contributed by atoms with Crippen LogP contribution in [0.3, 0.4) is 0 Å². The van der Waals surface area contributed by atoms with Crippen molar-refractivity contribution in [2.24, 2.45) is 0 Å². The topological polar surface area (TPSA) is 56.9 Å². The highest BCUT2D eigenvalue weighted by Gasteiger charge is 2.37. The van der Waals surface area contributed by atoms with Gasteiger partial charge < -0.3 is 5.11 Å². The lowest BCUT2D eigenvalue weighted by Gasteiger charge is -2.06.